The summed E-state index contributed by atoms with van der Waals surface area (Å²) < 4.78 is 0. The second kappa shape index (κ2) is 6.32. The molecule has 1 fully saturated rings. The van der Waals surface area contributed by atoms with E-state index in [2.05, 4.69) is 5.32 Å². The Kier molecular flexibility index (Phi) is 4.69. The van der Waals surface area contributed by atoms with E-state index in [-0.39, 0.29) is 6.54 Å². The molecule has 1 heterocycles. The van der Waals surface area contributed by atoms with Crippen molar-refractivity contribution in [2.75, 3.05) is 11.9 Å². The number of hydrogen-bond donors (Lipinski definition) is 1. The first-order valence-corrected chi connectivity index (χ1v) is 7.35. The monoisotopic (exact) mass is 324 g/mol. The summed E-state index contributed by atoms with van der Waals surface area (Å²) in [5, 5.41) is 2.53. The van der Waals surface area contributed by atoms with Gasteiger partial charge in [-0.05, 0) is 37.7 Å². The van der Waals surface area contributed by atoms with Crippen LogP contribution in [0, 0.1) is 0 Å². The highest BCUT2D eigenvalue weighted by Crippen LogP contribution is 2.32. The molecule has 0 saturated carbocycles. The molecule has 1 aliphatic rings. The molecule has 1 aromatic rings. The van der Waals surface area contributed by atoms with Crippen molar-refractivity contribution in [3.8, 4) is 0 Å². The molecule has 1 saturated heterocycles. The average Bonchev–Trinajstić information content (AvgIpc) is 2.69. The third-order valence-corrected chi connectivity index (χ3v) is 4.26. The summed E-state index contributed by atoms with van der Waals surface area (Å²) in [5.41, 5.74) is 1.20. The third kappa shape index (κ3) is 3.46. The van der Waals surface area contributed by atoms with Gasteiger partial charge in [0.2, 0.25) is 5.91 Å². The molecule has 2 rings (SSSR count). The number of carbonyl (C=O) groups excluding carboxylic acids is 3. The largest absolute Gasteiger partial charge is 0.323 e. The van der Waals surface area contributed by atoms with Crippen molar-refractivity contribution in [2.24, 2.45) is 0 Å². The van der Waals surface area contributed by atoms with Crippen LogP contribution in [0.3, 0.4) is 0 Å². The van der Waals surface area contributed by atoms with Crippen LogP contribution < -0.4 is 5.32 Å². The summed E-state index contributed by atoms with van der Waals surface area (Å²) >= 11 is 6.79. The summed E-state index contributed by atoms with van der Waals surface area (Å²) in [7, 11) is 0. The van der Waals surface area contributed by atoms with E-state index in [1.165, 1.54) is 0 Å². The molecule has 1 aliphatic heterocycles. The number of rotatable bonds is 3. The Hall–Kier alpha value is -1.79. The van der Waals surface area contributed by atoms with Crippen molar-refractivity contribution >= 4 is 46.1 Å². The molecular formula is C14H13ClN2O3S. The highest BCUT2D eigenvalue weighted by Gasteiger charge is 2.36. The Labute approximate surface area is 131 Å². The fraction of sp³-hybridized carbons (Fsp3) is 0.214. The molecule has 110 valence electrons. The fourth-order valence-corrected chi connectivity index (χ4v) is 2.76. The standard InChI is InChI=1S/C14H13ClN2O3S/c1-8(2)12-13(19)17(14(20)21-12)7-11(18)16-10-6-4-3-5-9(10)15/h3-6H,7H2,1-2H3,(H,16,18). The number of imide groups is 1. The molecule has 5 nitrogen and oxygen atoms in total. The summed E-state index contributed by atoms with van der Waals surface area (Å²) in [6.07, 6.45) is 0. The smallest absolute Gasteiger partial charge is 0.294 e. The van der Waals surface area contributed by atoms with Crippen LogP contribution in [0.15, 0.2) is 34.7 Å². The Morgan fingerprint density at radius 3 is 2.52 bits per heavy atom. The molecular weight excluding hydrogens is 312 g/mol. The van der Waals surface area contributed by atoms with Crippen LogP contribution in [0.25, 0.3) is 0 Å². The molecule has 3 amide bonds. The van der Waals surface area contributed by atoms with Crippen LogP contribution in [0.1, 0.15) is 13.8 Å². The van der Waals surface area contributed by atoms with Crippen LogP contribution in [-0.2, 0) is 9.59 Å². The van der Waals surface area contributed by atoms with Gasteiger partial charge < -0.3 is 5.32 Å². The number of hydrogen-bond acceptors (Lipinski definition) is 4. The first kappa shape index (κ1) is 15.6. The van der Waals surface area contributed by atoms with Gasteiger partial charge in [0.05, 0.1) is 15.6 Å². The minimum atomic E-state index is -0.472. The van der Waals surface area contributed by atoms with Gasteiger partial charge in [-0.3, -0.25) is 19.3 Å². The van der Waals surface area contributed by atoms with Crippen LogP contribution in [-0.4, -0.2) is 28.5 Å². The number of anilines is 1. The maximum atomic E-state index is 12.0. The van der Waals surface area contributed by atoms with E-state index < -0.39 is 17.1 Å². The molecule has 21 heavy (non-hydrogen) atoms. The van der Waals surface area contributed by atoms with Gasteiger partial charge in [-0.2, -0.15) is 0 Å². The number of nitrogens with zero attached hydrogens (tertiary/aromatic N) is 1. The zero-order valence-corrected chi connectivity index (χ0v) is 13.0. The van der Waals surface area contributed by atoms with Gasteiger partial charge in [0.1, 0.15) is 6.54 Å². The SMILES string of the molecule is CC(C)=C1SC(=O)N(CC(=O)Nc2ccccc2Cl)C1=O. The van der Waals surface area contributed by atoms with Crippen LogP contribution in [0.4, 0.5) is 10.5 Å². The minimum absolute atomic E-state index is 0.327. The topological polar surface area (TPSA) is 66.5 Å². The second-order valence-corrected chi connectivity index (χ2v) is 5.99. The average molecular weight is 325 g/mol. The van der Waals surface area contributed by atoms with Crippen molar-refractivity contribution < 1.29 is 14.4 Å². The lowest BCUT2D eigenvalue weighted by Gasteiger charge is -2.13. The van der Waals surface area contributed by atoms with E-state index in [0.29, 0.717) is 15.6 Å². The summed E-state index contributed by atoms with van der Waals surface area (Å²) in [6, 6.07) is 6.75. The van der Waals surface area contributed by atoms with Crippen LogP contribution in [0.5, 0.6) is 0 Å². The third-order valence-electron chi connectivity index (χ3n) is 2.75. The first-order chi connectivity index (χ1) is 9.90. The Morgan fingerprint density at radius 1 is 1.29 bits per heavy atom. The number of nitrogens with one attached hydrogen (secondary N) is 1. The number of benzene rings is 1. The van der Waals surface area contributed by atoms with Crippen molar-refractivity contribution in [1.29, 1.82) is 0 Å². The molecule has 0 unspecified atom stereocenters. The maximum Gasteiger partial charge on any atom is 0.294 e. The maximum absolute atomic E-state index is 12.0. The number of allylic oxidation sites excluding steroid dienone is 1. The van der Waals surface area contributed by atoms with Gasteiger partial charge >= 0.3 is 0 Å². The lowest BCUT2D eigenvalue weighted by molar-refractivity contribution is -0.127. The van der Waals surface area contributed by atoms with Crippen molar-refractivity contribution in [3.05, 3.63) is 39.8 Å². The normalized spacial score (nSPS) is 14.6. The highest BCUT2D eigenvalue weighted by molar-refractivity contribution is 8.18. The molecule has 1 N–H and O–H groups in total. The Bertz CT molecular complexity index is 653. The van der Waals surface area contributed by atoms with E-state index in [1.54, 1.807) is 38.1 Å². The van der Waals surface area contributed by atoms with Crippen LogP contribution in [0.2, 0.25) is 5.02 Å². The number of thioether (sulfide) groups is 1. The zero-order chi connectivity index (χ0) is 15.6. The molecule has 1 aromatic carbocycles. The number of halogens is 1. The number of amides is 3. The van der Waals surface area contributed by atoms with Crippen LogP contribution >= 0.6 is 23.4 Å². The van der Waals surface area contributed by atoms with Gasteiger partial charge in [0.25, 0.3) is 11.1 Å². The predicted octanol–water partition coefficient (Wildman–Crippen LogP) is 3.27. The minimum Gasteiger partial charge on any atom is -0.323 e. The van der Waals surface area contributed by atoms with E-state index in [0.717, 1.165) is 22.2 Å². The molecule has 0 atom stereocenters. The van der Waals surface area contributed by atoms with E-state index in [9.17, 15) is 14.4 Å². The fourth-order valence-electron chi connectivity index (χ4n) is 1.74. The van der Waals surface area contributed by atoms with Gasteiger partial charge in [0.15, 0.2) is 0 Å². The summed E-state index contributed by atoms with van der Waals surface area (Å²) in [5.74, 6) is -0.903. The molecule has 0 radical (unpaired) electrons. The van der Waals surface area contributed by atoms with Gasteiger partial charge in [-0.25, -0.2) is 0 Å². The molecule has 0 aliphatic carbocycles. The molecule has 0 aromatic heterocycles. The second-order valence-electron chi connectivity index (χ2n) is 4.62. The Morgan fingerprint density at radius 2 is 1.95 bits per heavy atom. The molecule has 0 bridgehead atoms. The van der Waals surface area contributed by atoms with Gasteiger partial charge in [-0.1, -0.05) is 29.3 Å². The Balaban J connectivity index is 2.07. The van der Waals surface area contributed by atoms with Gasteiger partial charge in [-0.15, -0.1) is 0 Å². The van der Waals surface area contributed by atoms with E-state index >= 15 is 0 Å². The number of carbonyl (C=O) groups is 3. The predicted molar refractivity (Wildman–Crippen MR) is 83.2 cm³/mol. The number of para-hydroxylation sites is 1. The van der Waals surface area contributed by atoms with Crippen molar-refractivity contribution in [1.82, 2.24) is 4.90 Å². The lowest BCUT2D eigenvalue weighted by Crippen LogP contribution is -2.36. The summed E-state index contributed by atoms with van der Waals surface area (Å²) in [6.45, 7) is 3.17. The van der Waals surface area contributed by atoms with Crippen molar-refractivity contribution in [3.63, 3.8) is 0 Å². The quantitative estimate of drug-likeness (QED) is 0.867. The van der Waals surface area contributed by atoms with E-state index in [1.807, 2.05) is 0 Å². The highest BCUT2D eigenvalue weighted by atomic mass is 35.5. The van der Waals surface area contributed by atoms with E-state index in [4.69, 9.17) is 11.6 Å². The summed E-state index contributed by atoms with van der Waals surface area (Å²) in [4.78, 5) is 37.1. The van der Waals surface area contributed by atoms with Crippen molar-refractivity contribution in [2.45, 2.75) is 13.8 Å². The molecule has 0 spiro atoms. The zero-order valence-electron chi connectivity index (χ0n) is 11.5. The first-order valence-electron chi connectivity index (χ1n) is 6.15. The van der Waals surface area contributed by atoms with Gasteiger partial charge in [0, 0.05) is 0 Å². The molecule has 7 heteroatoms. The lowest BCUT2D eigenvalue weighted by atomic mass is 10.3.